The number of nitrogens with one attached hydrogen (secondary N) is 2. The van der Waals surface area contributed by atoms with Crippen molar-refractivity contribution < 1.29 is 42.8 Å². The van der Waals surface area contributed by atoms with Gasteiger partial charge in [-0.25, -0.2) is 4.98 Å². The largest absolute Gasteiger partial charge is 0.494 e. The first-order chi connectivity index (χ1) is 31.3. The molecule has 5 fully saturated rings. The Balaban J connectivity index is 0.641. The standard InChI is InChI=1S/C50H67F3N6O6/c1-49-19-16-38-37-13-11-36(28-34(37)8-12-39(38)40(49)14-15-44(49)60)64-27-3-20-54-48(63)33-6-9-35(10-7-33)59-21-17-32(18-22-59)29-57-23-25-58(26-24-57)30-42-47(62)46(61)41(31-65-42)55-45-5-2-4-43(56-45)50(51,52)53/h2,4-7,9-11,13,28,32,38-42,44,46-47,60-62H,3,8,12,14-27,29-31H2,1H3,(H,54,63)(H,55,56)/t38-,39-,40+,41+,42-,44+,46-,47+,49+/m1/s1. The molecule has 65 heavy (non-hydrogen) atoms. The second-order valence-electron chi connectivity index (χ2n) is 20.0. The topological polar surface area (TPSA) is 143 Å². The molecule has 1 aromatic heterocycles. The first-order valence-electron chi connectivity index (χ1n) is 24.1. The minimum Gasteiger partial charge on any atom is -0.494 e. The SMILES string of the molecule is C[C@]12CC[C@@H]3c4ccc(OCCCNC(=O)c5ccc(N6CCC(CN7CCN(C[C@H]8OC[C@H](Nc9cccc(C(F)(F)F)n9)[C@@H](O)[C@H]8O)CC7)CC6)cc5)cc4CC[C@H]3[C@@H]1CC[C@@H]2O. The number of pyridine rings is 1. The lowest BCUT2D eigenvalue weighted by molar-refractivity contribution is -0.148. The highest BCUT2D eigenvalue weighted by atomic mass is 19.4. The second-order valence-corrected chi connectivity index (χ2v) is 20.0. The molecule has 6 aliphatic rings. The highest BCUT2D eigenvalue weighted by Crippen LogP contribution is 2.61. The summed E-state index contributed by atoms with van der Waals surface area (Å²) in [6.07, 6.45) is 1.82. The third kappa shape index (κ3) is 10.3. The summed E-state index contributed by atoms with van der Waals surface area (Å²) in [6.45, 7) is 10.3. The van der Waals surface area contributed by atoms with E-state index in [1.807, 2.05) is 12.1 Å². The van der Waals surface area contributed by atoms with Crippen molar-refractivity contribution in [3.05, 3.63) is 83.0 Å². The number of carbonyl (C=O) groups excluding carboxylic acids is 1. The molecule has 5 N–H and O–H groups in total. The number of rotatable bonds is 13. The molecule has 9 rings (SSSR count). The number of benzene rings is 2. The molecule has 3 aliphatic carbocycles. The lowest BCUT2D eigenvalue weighted by Gasteiger charge is -2.50. The van der Waals surface area contributed by atoms with Crippen LogP contribution in [0.15, 0.2) is 60.7 Å². The molecule has 2 saturated carbocycles. The Morgan fingerprint density at radius 3 is 2.40 bits per heavy atom. The average molecular weight is 905 g/mol. The number of carbonyl (C=O) groups is 1. The van der Waals surface area contributed by atoms with E-state index in [0.717, 1.165) is 115 Å². The quantitative estimate of drug-likeness (QED) is 0.130. The molecule has 4 heterocycles. The average Bonchev–Trinajstić information content (AvgIpc) is 3.62. The van der Waals surface area contributed by atoms with Crippen molar-refractivity contribution in [2.75, 3.05) is 82.3 Å². The minimum atomic E-state index is -4.59. The van der Waals surface area contributed by atoms with Gasteiger partial charge in [-0.05, 0) is 147 Å². The molecule has 0 spiro atoms. The van der Waals surface area contributed by atoms with Gasteiger partial charge in [-0.2, -0.15) is 13.2 Å². The first kappa shape index (κ1) is 46.1. The van der Waals surface area contributed by atoms with Crippen LogP contribution in [0.1, 0.15) is 91.4 Å². The van der Waals surface area contributed by atoms with Crippen molar-refractivity contribution in [3.8, 4) is 5.75 Å². The van der Waals surface area contributed by atoms with Gasteiger partial charge in [0, 0.05) is 70.2 Å². The van der Waals surface area contributed by atoms with Crippen LogP contribution in [0.25, 0.3) is 0 Å². The van der Waals surface area contributed by atoms with Gasteiger partial charge in [-0.3, -0.25) is 9.69 Å². The number of ether oxygens (including phenoxy) is 2. The number of piperazine rings is 1. The zero-order valence-electron chi connectivity index (χ0n) is 37.6. The van der Waals surface area contributed by atoms with Gasteiger partial charge >= 0.3 is 6.18 Å². The Morgan fingerprint density at radius 2 is 1.65 bits per heavy atom. The van der Waals surface area contributed by atoms with Crippen LogP contribution in [-0.2, 0) is 17.3 Å². The smallest absolute Gasteiger partial charge is 0.433 e. The van der Waals surface area contributed by atoms with Gasteiger partial charge in [0.05, 0.1) is 31.5 Å². The van der Waals surface area contributed by atoms with Crippen molar-refractivity contribution >= 4 is 17.4 Å². The van der Waals surface area contributed by atoms with Crippen LogP contribution in [0.4, 0.5) is 24.7 Å². The fraction of sp³-hybridized carbons (Fsp3) is 0.640. The summed E-state index contributed by atoms with van der Waals surface area (Å²) in [5.74, 6) is 3.30. The van der Waals surface area contributed by atoms with E-state index >= 15 is 0 Å². The van der Waals surface area contributed by atoms with Gasteiger partial charge in [0.2, 0.25) is 0 Å². The number of aromatic nitrogens is 1. The molecule has 2 aromatic carbocycles. The summed E-state index contributed by atoms with van der Waals surface area (Å²) in [5, 5.41) is 38.3. The molecule has 354 valence electrons. The number of anilines is 2. The number of aryl methyl sites for hydroxylation is 1. The maximum Gasteiger partial charge on any atom is 0.433 e. The van der Waals surface area contributed by atoms with Crippen molar-refractivity contribution in [1.29, 1.82) is 0 Å². The monoisotopic (exact) mass is 905 g/mol. The molecule has 0 bridgehead atoms. The summed E-state index contributed by atoms with van der Waals surface area (Å²) in [6, 6.07) is 17.3. The van der Waals surface area contributed by atoms with Crippen LogP contribution in [-0.4, -0.2) is 139 Å². The number of aliphatic hydroxyl groups excluding tert-OH is 3. The number of piperidine rings is 1. The number of hydrogen-bond donors (Lipinski definition) is 5. The summed E-state index contributed by atoms with van der Waals surface area (Å²) < 4.78 is 51.4. The molecule has 12 nitrogen and oxygen atoms in total. The Hall–Kier alpha value is -3.99. The molecule has 1 amide bonds. The predicted molar refractivity (Wildman–Crippen MR) is 242 cm³/mol. The van der Waals surface area contributed by atoms with E-state index in [1.54, 1.807) is 0 Å². The summed E-state index contributed by atoms with van der Waals surface area (Å²) in [7, 11) is 0. The van der Waals surface area contributed by atoms with E-state index < -0.39 is 36.2 Å². The van der Waals surface area contributed by atoms with Crippen molar-refractivity contribution in [3.63, 3.8) is 0 Å². The summed E-state index contributed by atoms with van der Waals surface area (Å²) in [4.78, 5) is 23.7. The van der Waals surface area contributed by atoms with Crippen molar-refractivity contribution in [1.82, 2.24) is 20.1 Å². The highest BCUT2D eigenvalue weighted by molar-refractivity contribution is 5.94. The van der Waals surface area contributed by atoms with E-state index in [-0.39, 0.29) is 29.9 Å². The van der Waals surface area contributed by atoms with Crippen LogP contribution < -0.4 is 20.3 Å². The number of amides is 1. The van der Waals surface area contributed by atoms with E-state index in [2.05, 4.69) is 67.6 Å². The molecule has 3 aliphatic heterocycles. The molecule has 9 atom stereocenters. The highest BCUT2D eigenvalue weighted by Gasteiger charge is 2.54. The Labute approximate surface area is 380 Å². The lowest BCUT2D eigenvalue weighted by atomic mass is 9.55. The summed E-state index contributed by atoms with van der Waals surface area (Å²) in [5.41, 5.74) is 3.76. The minimum absolute atomic E-state index is 0.0301. The van der Waals surface area contributed by atoms with Crippen LogP contribution in [0.3, 0.4) is 0 Å². The van der Waals surface area contributed by atoms with E-state index in [1.165, 1.54) is 29.7 Å². The normalized spacial score (nSPS) is 31.2. The van der Waals surface area contributed by atoms with E-state index in [4.69, 9.17) is 9.47 Å². The van der Waals surface area contributed by atoms with Gasteiger partial charge in [-0.15, -0.1) is 0 Å². The Bertz CT molecular complexity index is 2080. The molecular formula is C50H67F3N6O6. The molecule has 3 saturated heterocycles. The maximum absolute atomic E-state index is 13.1. The molecule has 3 aromatic rings. The second kappa shape index (κ2) is 19.7. The van der Waals surface area contributed by atoms with Crippen LogP contribution >= 0.6 is 0 Å². The molecular weight excluding hydrogens is 838 g/mol. The number of halogens is 3. The number of aliphatic hydroxyl groups is 3. The molecule has 0 radical (unpaired) electrons. The maximum atomic E-state index is 13.1. The third-order valence-electron chi connectivity index (χ3n) is 16.1. The predicted octanol–water partition coefficient (Wildman–Crippen LogP) is 5.95. The van der Waals surface area contributed by atoms with Gasteiger partial charge in [0.1, 0.15) is 29.5 Å². The fourth-order valence-electron chi connectivity index (χ4n) is 12.2. The Kier molecular flexibility index (Phi) is 14.0. The number of alkyl halides is 3. The zero-order chi connectivity index (χ0) is 45.3. The van der Waals surface area contributed by atoms with E-state index in [0.29, 0.717) is 48.9 Å². The summed E-state index contributed by atoms with van der Waals surface area (Å²) >= 11 is 0. The first-order valence-corrected chi connectivity index (χ1v) is 24.1. The fourth-order valence-corrected chi connectivity index (χ4v) is 12.2. The van der Waals surface area contributed by atoms with Crippen LogP contribution in [0, 0.1) is 23.2 Å². The van der Waals surface area contributed by atoms with Gasteiger partial charge in [-0.1, -0.05) is 19.1 Å². The number of nitrogens with zero attached hydrogens (tertiary/aromatic N) is 4. The van der Waals surface area contributed by atoms with Crippen molar-refractivity contribution in [2.45, 2.75) is 107 Å². The van der Waals surface area contributed by atoms with Crippen LogP contribution in [0.5, 0.6) is 5.75 Å². The molecule has 15 heteroatoms. The zero-order valence-corrected chi connectivity index (χ0v) is 37.6. The third-order valence-corrected chi connectivity index (χ3v) is 16.1. The number of fused-ring (bicyclic) bond motifs is 5. The molecule has 0 unspecified atom stereocenters. The Morgan fingerprint density at radius 1 is 0.892 bits per heavy atom. The van der Waals surface area contributed by atoms with Gasteiger partial charge in [0.25, 0.3) is 5.91 Å². The van der Waals surface area contributed by atoms with Gasteiger partial charge in [0.15, 0.2) is 0 Å². The van der Waals surface area contributed by atoms with E-state index in [9.17, 15) is 33.3 Å². The number of hydrogen-bond acceptors (Lipinski definition) is 11. The lowest BCUT2D eigenvalue weighted by Crippen LogP contribution is -2.59. The van der Waals surface area contributed by atoms with Crippen LogP contribution in [0.2, 0.25) is 0 Å². The van der Waals surface area contributed by atoms with Crippen molar-refractivity contribution in [2.24, 2.45) is 23.2 Å². The van der Waals surface area contributed by atoms with Gasteiger partial charge < -0.3 is 45.2 Å².